The number of amidine groups is 1. The summed E-state index contributed by atoms with van der Waals surface area (Å²) in [4.78, 5) is 30.7. The van der Waals surface area contributed by atoms with E-state index >= 15 is 0 Å². The third-order valence-corrected chi connectivity index (χ3v) is 6.51. The Kier molecular flexibility index (Phi) is 7.24. The minimum Gasteiger partial charge on any atom is -0.481 e. The number of carboxylic acid groups (broad SMARTS) is 1. The van der Waals surface area contributed by atoms with Crippen molar-refractivity contribution in [2.45, 2.75) is 17.8 Å². The van der Waals surface area contributed by atoms with Crippen molar-refractivity contribution < 1.29 is 27.9 Å². The normalized spacial score (nSPS) is 20.0. The Morgan fingerprint density at radius 2 is 1.89 bits per heavy atom. The summed E-state index contributed by atoms with van der Waals surface area (Å²) < 4.78 is 38.3. The van der Waals surface area contributed by atoms with Crippen LogP contribution in [0.15, 0.2) is 52.8 Å². The number of halogens is 3. The number of para-hydroxylation sites is 1. The first-order valence-corrected chi connectivity index (χ1v) is 11.5. The summed E-state index contributed by atoms with van der Waals surface area (Å²) in [6.45, 7) is 2.43. The minimum atomic E-state index is -4.41. The topological polar surface area (TPSA) is 110 Å². The van der Waals surface area contributed by atoms with Crippen molar-refractivity contribution in [1.82, 2.24) is 10.3 Å². The standard InChI is InChI=1S/C22H21F3N6O3S/c23-22(24,25)15-5-6-18(26-13-15)31-9-7-30(8-10-31)16-4-2-1-3-14(16)12-27-29-21-28-20(34)17(35-21)11-19(32)33/h1-6,12-13,17H,7-11H2,(H,32,33)(H,28,29,34). The summed E-state index contributed by atoms with van der Waals surface area (Å²) in [6.07, 6.45) is -2.30. The van der Waals surface area contributed by atoms with Crippen LogP contribution in [-0.4, -0.2) is 64.8 Å². The van der Waals surface area contributed by atoms with Crippen molar-refractivity contribution in [2.24, 2.45) is 10.2 Å². The van der Waals surface area contributed by atoms with E-state index in [1.807, 2.05) is 29.2 Å². The van der Waals surface area contributed by atoms with Gasteiger partial charge in [-0.15, -0.1) is 5.10 Å². The molecule has 35 heavy (non-hydrogen) atoms. The van der Waals surface area contributed by atoms with Crippen LogP contribution in [0.4, 0.5) is 24.7 Å². The van der Waals surface area contributed by atoms with Crippen LogP contribution in [0.2, 0.25) is 0 Å². The number of carbonyl (C=O) groups is 2. The van der Waals surface area contributed by atoms with Crippen LogP contribution >= 0.6 is 11.8 Å². The van der Waals surface area contributed by atoms with Gasteiger partial charge in [-0.3, -0.25) is 9.59 Å². The number of rotatable bonds is 6. The summed E-state index contributed by atoms with van der Waals surface area (Å²) in [6, 6.07) is 9.99. The van der Waals surface area contributed by atoms with Gasteiger partial charge >= 0.3 is 12.1 Å². The molecule has 2 fully saturated rings. The molecule has 0 saturated carbocycles. The first kappa shape index (κ1) is 24.5. The molecule has 0 spiro atoms. The average molecular weight is 507 g/mol. The summed E-state index contributed by atoms with van der Waals surface area (Å²) >= 11 is 1.03. The number of thioether (sulfide) groups is 1. The van der Waals surface area contributed by atoms with E-state index in [0.717, 1.165) is 35.3 Å². The molecule has 0 radical (unpaired) electrons. The van der Waals surface area contributed by atoms with Crippen LogP contribution < -0.4 is 15.1 Å². The molecule has 2 N–H and O–H groups in total. The number of hydrogen-bond donors (Lipinski definition) is 2. The number of anilines is 2. The number of carboxylic acids is 1. The molecule has 0 aliphatic carbocycles. The highest BCUT2D eigenvalue weighted by atomic mass is 32.2. The van der Waals surface area contributed by atoms with Crippen molar-refractivity contribution in [1.29, 1.82) is 0 Å². The smallest absolute Gasteiger partial charge is 0.417 e. The number of hydrogen-bond acceptors (Lipinski definition) is 8. The number of alkyl halides is 3. The van der Waals surface area contributed by atoms with Gasteiger partial charge in [0.25, 0.3) is 0 Å². The number of carbonyl (C=O) groups excluding carboxylic acids is 1. The van der Waals surface area contributed by atoms with Gasteiger partial charge in [0.2, 0.25) is 5.91 Å². The SMILES string of the molecule is O=C(O)CC1SC(=NN=Cc2ccccc2N2CCN(c3ccc(C(F)(F)F)cn3)CC2)NC1=O. The van der Waals surface area contributed by atoms with Crippen LogP contribution in [0.1, 0.15) is 17.5 Å². The fourth-order valence-electron chi connectivity index (χ4n) is 3.69. The fourth-order valence-corrected chi connectivity index (χ4v) is 4.61. The number of nitrogens with zero attached hydrogens (tertiary/aromatic N) is 5. The van der Waals surface area contributed by atoms with Gasteiger partial charge in [0.15, 0.2) is 5.17 Å². The first-order chi connectivity index (χ1) is 16.7. The molecule has 13 heteroatoms. The Labute approximate surface area is 202 Å². The molecular weight excluding hydrogens is 485 g/mol. The van der Waals surface area contributed by atoms with E-state index in [1.165, 1.54) is 6.07 Å². The molecule has 1 amide bonds. The van der Waals surface area contributed by atoms with Gasteiger partial charge < -0.3 is 20.2 Å². The predicted molar refractivity (Wildman–Crippen MR) is 127 cm³/mol. The zero-order chi connectivity index (χ0) is 25.0. The molecule has 1 aromatic heterocycles. The zero-order valence-corrected chi connectivity index (χ0v) is 19.1. The van der Waals surface area contributed by atoms with E-state index in [-0.39, 0.29) is 11.6 Å². The third kappa shape index (κ3) is 6.10. The molecule has 184 valence electrons. The van der Waals surface area contributed by atoms with Crippen LogP contribution in [0.3, 0.4) is 0 Å². The Morgan fingerprint density at radius 1 is 1.17 bits per heavy atom. The van der Waals surface area contributed by atoms with Crippen LogP contribution in [-0.2, 0) is 15.8 Å². The number of aromatic nitrogens is 1. The highest BCUT2D eigenvalue weighted by Crippen LogP contribution is 2.30. The van der Waals surface area contributed by atoms with Gasteiger partial charge in [0.1, 0.15) is 11.1 Å². The maximum atomic E-state index is 12.8. The highest BCUT2D eigenvalue weighted by molar-refractivity contribution is 8.15. The van der Waals surface area contributed by atoms with Gasteiger partial charge in [-0.2, -0.15) is 18.3 Å². The second-order valence-corrected chi connectivity index (χ2v) is 8.97. The van der Waals surface area contributed by atoms with Gasteiger partial charge in [-0.05, 0) is 18.2 Å². The summed E-state index contributed by atoms with van der Waals surface area (Å²) in [7, 11) is 0. The largest absolute Gasteiger partial charge is 0.481 e. The van der Waals surface area contributed by atoms with E-state index in [9.17, 15) is 22.8 Å². The second kappa shape index (κ2) is 10.3. The van der Waals surface area contributed by atoms with E-state index in [1.54, 1.807) is 6.21 Å². The number of piperazine rings is 1. The van der Waals surface area contributed by atoms with Crippen LogP contribution in [0.25, 0.3) is 0 Å². The van der Waals surface area contributed by atoms with E-state index < -0.39 is 28.9 Å². The molecule has 2 saturated heterocycles. The molecule has 1 aromatic carbocycles. The molecule has 2 aromatic rings. The average Bonchev–Trinajstić information content (AvgIpc) is 3.17. The summed E-state index contributed by atoms with van der Waals surface area (Å²) in [5.41, 5.74) is 0.947. The van der Waals surface area contributed by atoms with Gasteiger partial charge in [-0.1, -0.05) is 30.0 Å². The fraction of sp³-hybridized carbons (Fsp3) is 0.318. The Morgan fingerprint density at radius 3 is 2.54 bits per heavy atom. The lowest BCUT2D eigenvalue weighted by Gasteiger charge is -2.37. The van der Waals surface area contributed by atoms with Gasteiger partial charge in [0, 0.05) is 43.6 Å². The quantitative estimate of drug-likeness (QED) is 0.458. The van der Waals surface area contributed by atoms with E-state index in [0.29, 0.717) is 32.0 Å². The highest BCUT2D eigenvalue weighted by Gasteiger charge is 2.32. The Balaban J connectivity index is 1.38. The predicted octanol–water partition coefficient (Wildman–Crippen LogP) is 2.82. The van der Waals surface area contributed by atoms with Crippen molar-refractivity contribution in [2.75, 3.05) is 36.0 Å². The summed E-state index contributed by atoms with van der Waals surface area (Å²) in [5, 5.41) is 18.9. The number of pyridine rings is 1. The lowest BCUT2D eigenvalue weighted by Crippen LogP contribution is -2.47. The molecule has 9 nitrogen and oxygen atoms in total. The molecule has 3 heterocycles. The number of aliphatic carboxylic acids is 1. The van der Waals surface area contributed by atoms with Crippen molar-refractivity contribution >= 4 is 46.5 Å². The summed E-state index contributed by atoms with van der Waals surface area (Å²) in [5.74, 6) is -0.974. The monoisotopic (exact) mass is 506 g/mol. The van der Waals surface area contributed by atoms with E-state index in [2.05, 4.69) is 25.4 Å². The molecular formula is C22H21F3N6O3S. The maximum Gasteiger partial charge on any atom is 0.417 e. The molecule has 1 atom stereocenters. The number of amides is 1. The number of nitrogens with one attached hydrogen (secondary N) is 1. The Bertz CT molecular complexity index is 1150. The molecule has 0 bridgehead atoms. The molecule has 1 unspecified atom stereocenters. The molecule has 4 rings (SSSR count). The van der Waals surface area contributed by atoms with Crippen molar-refractivity contribution in [3.8, 4) is 0 Å². The Hall–Kier alpha value is -3.61. The second-order valence-electron chi connectivity index (χ2n) is 7.78. The lowest BCUT2D eigenvalue weighted by atomic mass is 10.1. The van der Waals surface area contributed by atoms with Crippen molar-refractivity contribution in [3.05, 3.63) is 53.7 Å². The molecule has 2 aliphatic heterocycles. The van der Waals surface area contributed by atoms with E-state index in [4.69, 9.17) is 5.11 Å². The third-order valence-electron chi connectivity index (χ3n) is 5.44. The lowest BCUT2D eigenvalue weighted by molar-refractivity contribution is -0.138. The first-order valence-electron chi connectivity index (χ1n) is 10.6. The number of benzene rings is 1. The molecule has 2 aliphatic rings. The zero-order valence-electron chi connectivity index (χ0n) is 18.3. The van der Waals surface area contributed by atoms with Crippen molar-refractivity contribution in [3.63, 3.8) is 0 Å². The maximum absolute atomic E-state index is 12.8. The van der Waals surface area contributed by atoms with Crippen LogP contribution in [0, 0.1) is 0 Å². The van der Waals surface area contributed by atoms with Gasteiger partial charge in [-0.25, -0.2) is 4.98 Å². The van der Waals surface area contributed by atoms with Gasteiger partial charge in [0.05, 0.1) is 18.2 Å². The minimum absolute atomic E-state index is 0.243. The van der Waals surface area contributed by atoms with Crippen LogP contribution in [0.5, 0.6) is 0 Å².